The minimum Gasteiger partial charge on any atom is -0.393 e. The number of nitrogens with zero attached hydrogens (tertiary/aromatic N) is 5. The van der Waals surface area contributed by atoms with Crippen molar-refractivity contribution in [2.75, 3.05) is 31.7 Å². The summed E-state index contributed by atoms with van der Waals surface area (Å²) in [4.78, 5) is 8.45. The van der Waals surface area contributed by atoms with Crippen LogP contribution in [0.15, 0.2) is 0 Å². The molecule has 2 unspecified atom stereocenters. The number of aliphatic hydroxyl groups is 3. The number of halogens is 1. The van der Waals surface area contributed by atoms with E-state index in [1.807, 2.05) is 0 Å². The molecule has 0 spiro atoms. The number of nitrogens with one attached hydrogen (secondary N) is 1. The monoisotopic (exact) mass is 550 g/mol. The van der Waals surface area contributed by atoms with E-state index in [9.17, 15) is 19.9 Å². The summed E-state index contributed by atoms with van der Waals surface area (Å²) in [5.74, 6) is -0.864. The number of rotatable bonds is 12. The average molecular weight is 551 g/mol. The van der Waals surface area contributed by atoms with Crippen LogP contribution in [0.25, 0.3) is 11.2 Å². The van der Waals surface area contributed by atoms with Crippen LogP contribution in [0.2, 0.25) is 5.28 Å². The molecule has 14 nitrogen and oxygen atoms in total. The lowest BCUT2D eigenvalue weighted by molar-refractivity contribution is -0.0823. The van der Waals surface area contributed by atoms with Crippen LogP contribution in [0.1, 0.15) is 45.8 Å². The van der Waals surface area contributed by atoms with Crippen molar-refractivity contribution in [1.82, 2.24) is 25.0 Å². The van der Waals surface area contributed by atoms with E-state index in [2.05, 4.69) is 25.6 Å². The summed E-state index contributed by atoms with van der Waals surface area (Å²) in [5, 5.41) is 42.6. The first-order valence-electron chi connectivity index (χ1n) is 12.0. The predicted molar refractivity (Wildman–Crippen MR) is 128 cm³/mol. The first-order chi connectivity index (χ1) is 17.3. The highest BCUT2D eigenvalue weighted by Crippen LogP contribution is 2.53. The highest BCUT2D eigenvalue weighted by atomic mass is 35.5. The molecular formula is C20H32ClN6O8P. The molecule has 202 valence electrons. The van der Waals surface area contributed by atoms with Crippen molar-refractivity contribution in [3.05, 3.63) is 5.28 Å². The van der Waals surface area contributed by atoms with Gasteiger partial charge in [-0.2, -0.15) is 14.6 Å². The first-order valence-corrected chi connectivity index (χ1v) is 14.0. The fourth-order valence-corrected chi connectivity index (χ4v) is 6.18. The summed E-state index contributed by atoms with van der Waals surface area (Å²) in [6, 6.07) is 0.241. The Labute approximate surface area is 212 Å². The van der Waals surface area contributed by atoms with Crippen molar-refractivity contribution >= 4 is 36.2 Å². The highest BCUT2D eigenvalue weighted by Gasteiger charge is 2.46. The van der Waals surface area contributed by atoms with E-state index in [-0.39, 0.29) is 36.8 Å². The zero-order chi connectivity index (χ0) is 25.9. The summed E-state index contributed by atoms with van der Waals surface area (Å²) in [5.41, 5.74) is 0.574. The number of fused-ring (bicyclic) bond motifs is 1. The van der Waals surface area contributed by atoms with Gasteiger partial charge in [-0.1, -0.05) is 18.1 Å². The molecule has 0 bridgehead atoms. The van der Waals surface area contributed by atoms with Gasteiger partial charge in [-0.15, -0.1) is 5.10 Å². The molecule has 2 fully saturated rings. The zero-order valence-electron chi connectivity index (χ0n) is 20.1. The minimum atomic E-state index is -3.78. The molecule has 3 heterocycles. The Bertz CT molecular complexity index is 1060. The summed E-state index contributed by atoms with van der Waals surface area (Å²) >= 11 is 6.16. The van der Waals surface area contributed by atoms with Gasteiger partial charge in [0.2, 0.25) is 5.28 Å². The Morgan fingerprint density at radius 1 is 1.19 bits per heavy atom. The maximum Gasteiger partial charge on any atom is 0.361 e. The molecule has 2 aromatic heterocycles. The topological polar surface area (TPSA) is 183 Å². The van der Waals surface area contributed by atoms with Crippen molar-refractivity contribution in [2.24, 2.45) is 0 Å². The van der Waals surface area contributed by atoms with E-state index >= 15 is 0 Å². The van der Waals surface area contributed by atoms with Gasteiger partial charge in [-0.05, 0) is 38.3 Å². The van der Waals surface area contributed by atoms with E-state index in [4.69, 9.17) is 30.1 Å². The van der Waals surface area contributed by atoms with Crippen LogP contribution in [0, 0.1) is 0 Å². The maximum atomic E-state index is 12.9. The van der Waals surface area contributed by atoms with Crippen molar-refractivity contribution < 1.29 is 38.4 Å². The SMILES string of the molecule is CCOP(=O)(OCC)C(CO)OC[C@H]1OC(n2nnc3c(NC4CCCC4)nc(Cl)nc32)[C@H](O)[C@@H]1O. The third-order valence-electron chi connectivity index (χ3n) is 6.15. The van der Waals surface area contributed by atoms with E-state index < -0.39 is 44.6 Å². The molecule has 5 atom stereocenters. The Kier molecular flexibility index (Phi) is 9.13. The van der Waals surface area contributed by atoms with Crippen LogP contribution in [0.3, 0.4) is 0 Å². The fraction of sp³-hybridized carbons (Fsp3) is 0.800. The molecule has 0 aromatic carbocycles. The third-order valence-corrected chi connectivity index (χ3v) is 8.57. The Morgan fingerprint density at radius 3 is 2.53 bits per heavy atom. The van der Waals surface area contributed by atoms with Gasteiger partial charge in [-0.25, -0.2) is 0 Å². The van der Waals surface area contributed by atoms with Gasteiger partial charge in [0.05, 0.1) is 26.4 Å². The van der Waals surface area contributed by atoms with Gasteiger partial charge >= 0.3 is 7.60 Å². The van der Waals surface area contributed by atoms with E-state index in [1.54, 1.807) is 13.8 Å². The molecule has 1 saturated heterocycles. The maximum absolute atomic E-state index is 12.9. The van der Waals surface area contributed by atoms with E-state index in [1.165, 1.54) is 4.68 Å². The number of aromatic nitrogens is 5. The van der Waals surface area contributed by atoms with Crippen molar-refractivity contribution in [3.63, 3.8) is 0 Å². The molecular weight excluding hydrogens is 519 g/mol. The first kappa shape index (κ1) is 27.6. The molecule has 0 radical (unpaired) electrons. The Morgan fingerprint density at radius 2 is 1.89 bits per heavy atom. The Hall–Kier alpha value is -1.48. The second-order valence-corrected chi connectivity index (χ2v) is 11.1. The van der Waals surface area contributed by atoms with Crippen LogP contribution < -0.4 is 5.32 Å². The van der Waals surface area contributed by atoms with Gasteiger partial charge < -0.3 is 39.2 Å². The lowest BCUT2D eigenvalue weighted by Gasteiger charge is -2.26. The molecule has 1 saturated carbocycles. The quantitative estimate of drug-likeness (QED) is 0.220. The summed E-state index contributed by atoms with van der Waals surface area (Å²) in [7, 11) is -3.78. The molecule has 4 rings (SSSR count). The lowest BCUT2D eigenvalue weighted by atomic mass is 10.1. The van der Waals surface area contributed by atoms with Gasteiger partial charge in [0.1, 0.15) is 18.3 Å². The molecule has 0 amide bonds. The lowest BCUT2D eigenvalue weighted by Crippen LogP contribution is -2.35. The minimum absolute atomic E-state index is 0.0344. The normalized spacial score (nSPS) is 26.2. The van der Waals surface area contributed by atoms with E-state index in [0.717, 1.165) is 25.7 Å². The molecule has 36 heavy (non-hydrogen) atoms. The molecule has 2 aliphatic rings. The number of hydrogen-bond donors (Lipinski definition) is 4. The van der Waals surface area contributed by atoms with Crippen LogP contribution >= 0.6 is 19.2 Å². The molecule has 1 aliphatic heterocycles. The smallest absolute Gasteiger partial charge is 0.361 e. The highest BCUT2D eigenvalue weighted by molar-refractivity contribution is 7.54. The fourth-order valence-electron chi connectivity index (χ4n) is 4.42. The summed E-state index contributed by atoms with van der Waals surface area (Å²) in [6.45, 7) is 2.48. The standard InChI is InChI=1S/C20H32ClN6O8P/c1-3-33-36(31,34-4-2)13(9-28)32-10-12-15(29)16(30)19(35-12)27-18-14(25-26-27)17(23-20(21)24-18)22-11-7-5-6-8-11/h11-13,15-16,19,28-30H,3-10H2,1-2H3,(H,22,23,24)/t12-,13?,15-,16-,19?/m1/s1. The van der Waals surface area contributed by atoms with Crippen LogP contribution in [-0.2, 0) is 23.1 Å². The van der Waals surface area contributed by atoms with Crippen LogP contribution in [-0.4, -0.2) is 96.9 Å². The summed E-state index contributed by atoms with van der Waals surface area (Å²) < 4.78 is 36.0. The number of anilines is 1. The molecule has 4 N–H and O–H groups in total. The van der Waals surface area contributed by atoms with Crippen molar-refractivity contribution in [3.8, 4) is 0 Å². The third kappa shape index (κ3) is 5.66. The van der Waals surface area contributed by atoms with Crippen LogP contribution in [0.4, 0.5) is 5.82 Å². The molecule has 1 aliphatic carbocycles. The number of ether oxygens (including phenoxy) is 2. The number of hydrogen-bond acceptors (Lipinski definition) is 13. The van der Waals surface area contributed by atoms with Gasteiger partial charge in [-0.3, -0.25) is 4.57 Å². The average Bonchev–Trinajstić information content (AvgIpc) is 3.56. The second-order valence-electron chi connectivity index (χ2n) is 8.57. The predicted octanol–water partition coefficient (Wildman–Crippen LogP) is 1.45. The van der Waals surface area contributed by atoms with Gasteiger partial charge in [0.15, 0.2) is 29.1 Å². The summed E-state index contributed by atoms with van der Waals surface area (Å²) in [6.07, 6.45) is -0.768. The molecule has 16 heteroatoms. The second kappa shape index (κ2) is 11.9. The zero-order valence-corrected chi connectivity index (χ0v) is 21.7. The number of aliphatic hydroxyl groups excluding tert-OH is 3. The van der Waals surface area contributed by atoms with Gasteiger partial charge in [0, 0.05) is 6.04 Å². The van der Waals surface area contributed by atoms with Crippen LogP contribution in [0.5, 0.6) is 0 Å². The largest absolute Gasteiger partial charge is 0.393 e. The van der Waals surface area contributed by atoms with Crippen molar-refractivity contribution in [1.29, 1.82) is 0 Å². The van der Waals surface area contributed by atoms with Gasteiger partial charge in [0.25, 0.3) is 0 Å². The van der Waals surface area contributed by atoms with E-state index in [0.29, 0.717) is 11.3 Å². The Balaban J connectivity index is 1.51. The molecule has 2 aromatic rings. The van der Waals surface area contributed by atoms with Crippen molar-refractivity contribution in [2.45, 2.75) is 76.0 Å².